The van der Waals surface area contributed by atoms with E-state index in [0.29, 0.717) is 5.75 Å². The van der Waals surface area contributed by atoms with Crippen molar-refractivity contribution >= 4 is 16.0 Å². The second kappa shape index (κ2) is 7.07. The van der Waals surface area contributed by atoms with Crippen molar-refractivity contribution < 1.29 is 27.8 Å². The summed E-state index contributed by atoms with van der Waals surface area (Å²) < 4.78 is 35.0. The molecule has 0 aliphatic rings. The molecule has 106 valence electrons. The van der Waals surface area contributed by atoms with Crippen molar-refractivity contribution in [3.05, 3.63) is 24.3 Å². The summed E-state index contributed by atoms with van der Waals surface area (Å²) in [7, 11) is -2.39. The molecule has 0 amide bonds. The molecule has 19 heavy (non-hydrogen) atoms. The van der Waals surface area contributed by atoms with Gasteiger partial charge in [0.05, 0.1) is 18.6 Å². The molecule has 1 aromatic carbocycles. The second-order valence-corrected chi connectivity index (χ2v) is 5.22. The molecule has 2 N–H and O–H groups in total. The first kappa shape index (κ1) is 15.4. The van der Waals surface area contributed by atoms with Gasteiger partial charge in [-0.3, -0.25) is 0 Å². The largest absolute Gasteiger partial charge is 0.482 e. The second-order valence-electron chi connectivity index (χ2n) is 3.46. The van der Waals surface area contributed by atoms with Crippen molar-refractivity contribution in [1.29, 1.82) is 0 Å². The number of aliphatic hydroxyl groups excluding tert-OH is 1. The molecule has 0 aromatic heterocycles. The maximum Gasteiger partial charge on any atom is 0.343 e. The Morgan fingerprint density at radius 2 is 1.95 bits per heavy atom. The summed E-state index contributed by atoms with van der Waals surface area (Å²) in [6.45, 7) is -0.576. The Balaban J connectivity index is 2.68. The summed E-state index contributed by atoms with van der Waals surface area (Å²) in [6, 6.07) is 5.53. The summed E-state index contributed by atoms with van der Waals surface area (Å²) in [6.07, 6.45) is 0. The van der Waals surface area contributed by atoms with Gasteiger partial charge in [0, 0.05) is 6.54 Å². The average molecular weight is 289 g/mol. The zero-order valence-electron chi connectivity index (χ0n) is 10.3. The fourth-order valence-electron chi connectivity index (χ4n) is 1.18. The summed E-state index contributed by atoms with van der Waals surface area (Å²) in [5.74, 6) is -0.173. The van der Waals surface area contributed by atoms with Crippen LogP contribution in [0.1, 0.15) is 0 Å². The van der Waals surface area contributed by atoms with Gasteiger partial charge in [-0.1, -0.05) is 0 Å². The summed E-state index contributed by atoms with van der Waals surface area (Å²) in [5.41, 5.74) is 0. The van der Waals surface area contributed by atoms with Crippen LogP contribution in [0.3, 0.4) is 0 Å². The number of carbonyl (C=O) groups excluding carboxylic acids is 1. The van der Waals surface area contributed by atoms with Crippen LogP contribution in [0.2, 0.25) is 0 Å². The first-order valence-electron chi connectivity index (χ1n) is 5.40. The van der Waals surface area contributed by atoms with E-state index < -0.39 is 16.0 Å². The number of benzene rings is 1. The van der Waals surface area contributed by atoms with Crippen LogP contribution in [0.5, 0.6) is 5.75 Å². The van der Waals surface area contributed by atoms with E-state index in [1.807, 2.05) is 0 Å². The van der Waals surface area contributed by atoms with Crippen LogP contribution in [-0.2, 0) is 19.6 Å². The van der Waals surface area contributed by atoms with E-state index in [2.05, 4.69) is 9.46 Å². The zero-order chi connectivity index (χ0) is 14.3. The first-order chi connectivity index (χ1) is 8.99. The smallest absolute Gasteiger partial charge is 0.343 e. The minimum atomic E-state index is -3.63. The number of sulfonamides is 1. The van der Waals surface area contributed by atoms with Gasteiger partial charge in [0.25, 0.3) is 0 Å². The summed E-state index contributed by atoms with van der Waals surface area (Å²) >= 11 is 0. The molecule has 0 radical (unpaired) electrons. The molecule has 0 heterocycles. The summed E-state index contributed by atoms with van der Waals surface area (Å²) in [5, 5.41) is 8.58. The molecule has 0 fully saturated rings. The quantitative estimate of drug-likeness (QED) is 0.657. The Hall–Kier alpha value is -1.64. The maximum atomic E-state index is 11.7. The summed E-state index contributed by atoms with van der Waals surface area (Å²) in [4.78, 5) is 10.9. The van der Waals surface area contributed by atoms with E-state index in [4.69, 9.17) is 9.84 Å². The molecule has 8 heteroatoms. The van der Waals surface area contributed by atoms with Crippen molar-refractivity contribution in [2.45, 2.75) is 4.90 Å². The van der Waals surface area contributed by atoms with Crippen LogP contribution < -0.4 is 9.46 Å². The van der Waals surface area contributed by atoms with Crippen molar-refractivity contribution in [2.75, 3.05) is 26.9 Å². The molecule has 7 nitrogen and oxygen atoms in total. The molecule has 1 aromatic rings. The van der Waals surface area contributed by atoms with Crippen LogP contribution in [0.15, 0.2) is 29.2 Å². The number of ether oxygens (including phenoxy) is 2. The van der Waals surface area contributed by atoms with E-state index in [1.54, 1.807) is 0 Å². The normalized spacial score (nSPS) is 11.1. The first-order valence-corrected chi connectivity index (χ1v) is 6.88. The van der Waals surface area contributed by atoms with Gasteiger partial charge in [-0.05, 0) is 24.3 Å². The van der Waals surface area contributed by atoms with Crippen molar-refractivity contribution in [1.82, 2.24) is 4.72 Å². The van der Waals surface area contributed by atoms with E-state index >= 15 is 0 Å². The van der Waals surface area contributed by atoms with Gasteiger partial charge >= 0.3 is 5.97 Å². The fraction of sp³-hybridized carbons (Fsp3) is 0.364. The van der Waals surface area contributed by atoms with Crippen LogP contribution >= 0.6 is 0 Å². The minimum Gasteiger partial charge on any atom is -0.482 e. The highest BCUT2D eigenvalue weighted by atomic mass is 32.2. The van der Waals surface area contributed by atoms with E-state index in [0.717, 1.165) is 0 Å². The SMILES string of the molecule is COC(=O)COc1ccc(S(=O)(=O)NCCO)cc1. The van der Waals surface area contributed by atoms with Gasteiger partial charge in [0.15, 0.2) is 6.61 Å². The number of rotatable bonds is 7. The number of carbonyl (C=O) groups is 1. The van der Waals surface area contributed by atoms with Crippen LogP contribution in [0, 0.1) is 0 Å². The highest BCUT2D eigenvalue weighted by Gasteiger charge is 2.13. The predicted octanol–water partition coefficient (Wildman–Crippen LogP) is -0.491. The Bertz CT molecular complexity index is 510. The third-order valence-electron chi connectivity index (χ3n) is 2.12. The third kappa shape index (κ3) is 4.86. The van der Waals surface area contributed by atoms with Crippen LogP contribution in [0.25, 0.3) is 0 Å². The molecule has 0 saturated carbocycles. The molecule has 0 spiro atoms. The number of hydrogen-bond acceptors (Lipinski definition) is 6. The van der Waals surface area contributed by atoms with Gasteiger partial charge in [0.1, 0.15) is 5.75 Å². The zero-order valence-corrected chi connectivity index (χ0v) is 11.1. The van der Waals surface area contributed by atoms with Crippen molar-refractivity contribution in [2.24, 2.45) is 0 Å². The number of methoxy groups -OCH3 is 1. The fourth-order valence-corrected chi connectivity index (χ4v) is 2.20. The van der Waals surface area contributed by atoms with Gasteiger partial charge in [0.2, 0.25) is 10.0 Å². The topological polar surface area (TPSA) is 102 Å². The van der Waals surface area contributed by atoms with E-state index in [9.17, 15) is 13.2 Å². The van der Waals surface area contributed by atoms with Crippen LogP contribution in [0.4, 0.5) is 0 Å². The Kier molecular flexibility index (Phi) is 5.74. The highest BCUT2D eigenvalue weighted by Crippen LogP contribution is 2.15. The number of aliphatic hydroxyl groups is 1. The maximum absolute atomic E-state index is 11.7. The lowest BCUT2D eigenvalue weighted by Crippen LogP contribution is -2.26. The molecule has 1 rings (SSSR count). The van der Waals surface area contributed by atoms with Crippen molar-refractivity contribution in [3.8, 4) is 5.75 Å². The molecule has 0 unspecified atom stereocenters. The minimum absolute atomic E-state index is 0.0476. The van der Waals surface area contributed by atoms with Crippen LogP contribution in [-0.4, -0.2) is 46.4 Å². The molecule has 0 aliphatic carbocycles. The Morgan fingerprint density at radius 1 is 1.32 bits per heavy atom. The van der Waals surface area contributed by atoms with Gasteiger partial charge in [-0.2, -0.15) is 0 Å². The van der Waals surface area contributed by atoms with Gasteiger partial charge in [-0.25, -0.2) is 17.9 Å². The number of esters is 1. The van der Waals surface area contributed by atoms with E-state index in [1.165, 1.54) is 31.4 Å². The molecule has 0 atom stereocenters. The molecule has 0 aliphatic heterocycles. The molecular weight excluding hydrogens is 274 g/mol. The van der Waals surface area contributed by atoms with Gasteiger partial charge < -0.3 is 14.6 Å². The van der Waals surface area contributed by atoms with E-state index in [-0.39, 0.29) is 24.7 Å². The standard InChI is InChI=1S/C11H15NO6S/c1-17-11(14)8-18-9-2-4-10(5-3-9)19(15,16)12-6-7-13/h2-5,12-13H,6-8H2,1H3. The van der Waals surface area contributed by atoms with Crippen molar-refractivity contribution in [3.63, 3.8) is 0 Å². The van der Waals surface area contributed by atoms with Gasteiger partial charge in [-0.15, -0.1) is 0 Å². The lowest BCUT2D eigenvalue weighted by Gasteiger charge is -2.07. The lowest BCUT2D eigenvalue weighted by molar-refractivity contribution is -0.142. The highest BCUT2D eigenvalue weighted by molar-refractivity contribution is 7.89. The third-order valence-corrected chi connectivity index (χ3v) is 3.60. The predicted molar refractivity (Wildman–Crippen MR) is 66.2 cm³/mol. The molecular formula is C11H15NO6S. The number of nitrogens with one attached hydrogen (secondary N) is 1. The molecule has 0 bridgehead atoms. The molecule has 0 saturated heterocycles. The monoisotopic (exact) mass is 289 g/mol. The Morgan fingerprint density at radius 3 is 2.47 bits per heavy atom. The number of hydrogen-bond donors (Lipinski definition) is 2. The average Bonchev–Trinajstić information content (AvgIpc) is 2.43. The Labute approximate surface area is 111 Å². The lowest BCUT2D eigenvalue weighted by atomic mass is 10.3.